The van der Waals surface area contributed by atoms with Crippen molar-refractivity contribution in [3.8, 4) is 0 Å². The van der Waals surface area contributed by atoms with Gasteiger partial charge >= 0.3 is 0 Å². The second-order valence-electron chi connectivity index (χ2n) is 10.8. The molecule has 1 aliphatic heterocycles. The molecule has 0 saturated carbocycles. The van der Waals surface area contributed by atoms with Gasteiger partial charge in [0.2, 0.25) is 5.91 Å². The molecule has 0 aromatic heterocycles. The molecular weight excluding hydrogens is 446 g/mol. The van der Waals surface area contributed by atoms with Gasteiger partial charge in [0.15, 0.2) is 5.78 Å². The van der Waals surface area contributed by atoms with Crippen LogP contribution in [0.4, 0.5) is 17.1 Å². The zero-order chi connectivity index (χ0) is 25.4. The maximum Gasteiger partial charge on any atom is 0.232 e. The summed E-state index contributed by atoms with van der Waals surface area (Å²) in [5, 5.41) is 3.58. The van der Waals surface area contributed by atoms with Crippen LogP contribution in [0.25, 0.3) is 0 Å². The van der Waals surface area contributed by atoms with Crippen LogP contribution in [0, 0.1) is 5.41 Å². The van der Waals surface area contributed by atoms with Gasteiger partial charge in [-0.3, -0.25) is 14.5 Å². The summed E-state index contributed by atoms with van der Waals surface area (Å²) in [5.41, 5.74) is 6.05. The van der Waals surface area contributed by atoms with Gasteiger partial charge < -0.3 is 10.2 Å². The highest BCUT2D eigenvalue weighted by molar-refractivity contribution is 6.06. The highest BCUT2D eigenvalue weighted by Crippen LogP contribution is 2.48. The number of amides is 1. The lowest BCUT2D eigenvalue weighted by Gasteiger charge is -2.37. The lowest BCUT2D eigenvalue weighted by molar-refractivity contribution is -0.119. The number of carbonyl (C=O) groups is 2. The van der Waals surface area contributed by atoms with Crippen molar-refractivity contribution >= 4 is 28.8 Å². The van der Waals surface area contributed by atoms with Gasteiger partial charge in [-0.15, -0.1) is 0 Å². The monoisotopic (exact) mass is 479 g/mol. The smallest absolute Gasteiger partial charge is 0.232 e. The molecule has 2 aliphatic rings. The summed E-state index contributed by atoms with van der Waals surface area (Å²) >= 11 is 0. The molecule has 1 heterocycles. The molecule has 0 unspecified atom stereocenters. The molecular formula is C31H33N3O2. The van der Waals surface area contributed by atoms with Crippen LogP contribution >= 0.6 is 0 Å². The number of nitrogens with zero attached hydrogens (tertiary/aromatic N) is 2. The molecule has 0 fully saturated rings. The third-order valence-corrected chi connectivity index (χ3v) is 7.09. The average molecular weight is 480 g/mol. The summed E-state index contributed by atoms with van der Waals surface area (Å²) in [5.74, 6) is 0.0595. The Hall–Kier alpha value is -3.86. The number of rotatable bonds is 4. The minimum absolute atomic E-state index is 0.0384. The second-order valence-corrected chi connectivity index (χ2v) is 10.8. The first-order valence-electron chi connectivity index (χ1n) is 12.5. The lowest BCUT2D eigenvalue weighted by Crippen LogP contribution is -2.40. The van der Waals surface area contributed by atoms with Crippen molar-refractivity contribution in [3.05, 3.63) is 101 Å². The van der Waals surface area contributed by atoms with E-state index >= 15 is 0 Å². The Morgan fingerprint density at radius 2 is 1.61 bits per heavy atom. The number of para-hydroxylation sites is 2. The van der Waals surface area contributed by atoms with Crippen LogP contribution in [0.1, 0.15) is 43.9 Å². The Morgan fingerprint density at radius 1 is 0.944 bits per heavy atom. The highest BCUT2D eigenvalue weighted by Gasteiger charge is 2.43. The van der Waals surface area contributed by atoms with Crippen molar-refractivity contribution in [1.82, 2.24) is 0 Å². The Labute approximate surface area is 213 Å². The van der Waals surface area contributed by atoms with Crippen LogP contribution in [0.2, 0.25) is 0 Å². The summed E-state index contributed by atoms with van der Waals surface area (Å²) in [7, 11) is 4.01. The van der Waals surface area contributed by atoms with E-state index in [9.17, 15) is 9.59 Å². The fraction of sp³-hybridized carbons (Fsp3) is 0.290. The number of anilines is 3. The van der Waals surface area contributed by atoms with Crippen molar-refractivity contribution in [1.29, 1.82) is 0 Å². The zero-order valence-electron chi connectivity index (χ0n) is 21.4. The second kappa shape index (κ2) is 9.30. The summed E-state index contributed by atoms with van der Waals surface area (Å²) in [6.45, 7) is 4.26. The number of carbonyl (C=O) groups excluding carboxylic acids is 2. The van der Waals surface area contributed by atoms with E-state index in [1.165, 1.54) is 0 Å². The number of nitrogens with one attached hydrogen (secondary N) is 1. The van der Waals surface area contributed by atoms with Gasteiger partial charge in [0.1, 0.15) is 0 Å². The van der Waals surface area contributed by atoms with Crippen LogP contribution in [0.3, 0.4) is 0 Å². The third-order valence-electron chi connectivity index (χ3n) is 7.09. The van der Waals surface area contributed by atoms with Crippen molar-refractivity contribution in [3.63, 3.8) is 0 Å². The minimum Gasteiger partial charge on any atom is -0.378 e. The van der Waals surface area contributed by atoms with Gasteiger partial charge in [-0.25, -0.2) is 0 Å². The first-order valence-corrected chi connectivity index (χ1v) is 12.5. The quantitative estimate of drug-likeness (QED) is 0.488. The van der Waals surface area contributed by atoms with E-state index in [4.69, 9.17) is 0 Å². The molecule has 3 aromatic carbocycles. The van der Waals surface area contributed by atoms with E-state index in [-0.39, 0.29) is 23.5 Å². The molecule has 3 aromatic rings. The third kappa shape index (κ3) is 4.53. The number of ketones is 1. The highest BCUT2D eigenvalue weighted by atomic mass is 16.2. The SMILES string of the molecule is CN(C)c1ccc([C@H]2C3=C(CC(C)(C)CC3=O)Nc3ccccc3N2C(=O)Cc2ccccc2)cc1. The summed E-state index contributed by atoms with van der Waals surface area (Å²) in [6.07, 6.45) is 1.45. The Morgan fingerprint density at radius 3 is 2.31 bits per heavy atom. The molecule has 5 rings (SSSR count). The summed E-state index contributed by atoms with van der Waals surface area (Å²) in [6, 6.07) is 25.4. The number of fused-ring (bicyclic) bond motifs is 1. The molecule has 0 bridgehead atoms. The molecule has 0 saturated heterocycles. The summed E-state index contributed by atoms with van der Waals surface area (Å²) in [4.78, 5) is 31.8. The van der Waals surface area contributed by atoms with E-state index in [1.807, 2.05) is 90.6 Å². The molecule has 1 atom stereocenters. The maximum absolute atomic E-state index is 14.1. The van der Waals surface area contributed by atoms with Gasteiger partial charge in [-0.1, -0.05) is 68.4 Å². The number of hydrogen-bond acceptors (Lipinski definition) is 4. The van der Waals surface area contributed by atoms with Gasteiger partial charge in [-0.05, 0) is 47.2 Å². The largest absolute Gasteiger partial charge is 0.378 e. The number of benzene rings is 3. The predicted molar refractivity (Wildman–Crippen MR) is 146 cm³/mol. The standard InChI is InChI=1S/C31H33N3O2/c1-31(2)19-25-29(27(35)20-31)30(22-14-16-23(17-15-22)33(3)4)34(26-13-9-8-12-24(26)32-25)28(36)18-21-10-6-5-7-11-21/h5-17,30,32H,18-20H2,1-4H3/t30-/m0/s1. The van der Waals surface area contributed by atoms with Crippen LogP contribution in [-0.2, 0) is 16.0 Å². The van der Waals surface area contributed by atoms with Crippen LogP contribution in [0.5, 0.6) is 0 Å². The molecule has 5 heteroatoms. The molecule has 0 radical (unpaired) electrons. The average Bonchev–Trinajstić information content (AvgIpc) is 2.98. The van der Waals surface area contributed by atoms with Crippen molar-refractivity contribution in [2.45, 2.75) is 39.2 Å². The molecule has 184 valence electrons. The van der Waals surface area contributed by atoms with E-state index in [2.05, 4.69) is 31.3 Å². The Kier molecular flexibility index (Phi) is 6.17. The molecule has 0 spiro atoms. The predicted octanol–water partition coefficient (Wildman–Crippen LogP) is 6.14. The topological polar surface area (TPSA) is 52.7 Å². The summed E-state index contributed by atoms with van der Waals surface area (Å²) < 4.78 is 0. The lowest BCUT2D eigenvalue weighted by atomic mass is 9.73. The van der Waals surface area contributed by atoms with Gasteiger partial charge in [0, 0.05) is 37.5 Å². The van der Waals surface area contributed by atoms with Gasteiger partial charge in [0.05, 0.1) is 23.8 Å². The van der Waals surface area contributed by atoms with E-state index in [1.54, 1.807) is 0 Å². The molecule has 1 aliphatic carbocycles. The molecule has 36 heavy (non-hydrogen) atoms. The molecule has 1 amide bonds. The normalized spacial score (nSPS) is 18.6. The number of allylic oxidation sites excluding steroid dienone is 1. The first-order chi connectivity index (χ1) is 17.2. The number of Topliss-reactive ketones (excluding diaryl/α,β-unsaturated/α-hetero) is 1. The van der Waals surface area contributed by atoms with E-state index < -0.39 is 6.04 Å². The van der Waals surface area contributed by atoms with E-state index in [0.29, 0.717) is 12.0 Å². The zero-order valence-corrected chi connectivity index (χ0v) is 21.4. The van der Waals surface area contributed by atoms with E-state index in [0.717, 1.165) is 40.3 Å². The fourth-order valence-corrected chi connectivity index (χ4v) is 5.39. The number of hydrogen-bond donors (Lipinski definition) is 1. The van der Waals surface area contributed by atoms with Gasteiger partial charge in [-0.2, -0.15) is 0 Å². The maximum atomic E-state index is 14.1. The minimum atomic E-state index is -0.507. The van der Waals surface area contributed by atoms with Crippen LogP contribution in [-0.4, -0.2) is 25.8 Å². The van der Waals surface area contributed by atoms with Crippen molar-refractivity contribution < 1.29 is 9.59 Å². The molecule has 5 nitrogen and oxygen atoms in total. The van der Waals surface area contributed by atoms with Crippen molar-refractivity contribution in [2.24, 2.45) is 5.41 Å². The Balaban J connectivity index is 1.71. The van der Waals surface area contributed by atoms with Crippen molar-refractivity contribution in [2.75, 3.05) is 29.2 Å². The van der Waals surface area contributed by atoms with Gasteiger partial charge in [0.25, 0.3) is 0 Å². The first kappa shape index (κ1) is 23.9. The Bertz CT molecular complexity index is 1320. The molecule has 1 N–H and O–H groups in total. The van der Waals surface area contributed by atoms with Crippen LogP contribution in [0.15, 0.2) is 90.1 Å². The van der Waals surface area contributed by atoms with Crippen LogP contribution < -0.4 is 15.1 Å². The fourth-order valence-electron chi connectivity index (χ4n) is 5.39.